The predicted octanol–water partition coefficient (Wildman–Crippen LogP) is 13.4. The Hall–Kier alpha value is 0.420. The standard InChI is InChI=1S/2C7H14ClNO.2C5H10.6C2H6/c2*1-5-6(2,3)9-7(4,8)10-5;2*1-2-4-5-3-1;6*1-2/h2*5,9H,1-4H3;2*1-5H2;6*1-2H3/t5-,7?;;;;;;;;;/m1........./s1. The first-order valence-corrected chi connectivity index (χ1v) is 18.7. The third-order valence-corrected chi connectivity index (χ3v) is 6.79. The SMILES string of the molecule is C1CCCC1.C1CCCC1.CC.CC.CC.CC.CC.CC.CC1OC(C)(Cl)NC1(C)C.C[C@H]1OC(C)(Cl)NC1(C)C. The van der Waals surface area contributed by atoms with E-state index in [1.165, 1.54) is 64.2 Å². The van der Waals surface area contributed by atoms with E-state index >= 15 is 0 Å². The number of nitrogens with one attached hydrogen (secondary N) is 2. The molecule has 2 saturated carbocycles. The van der Waals surface area contributed by atoms with Gasteiger partial charge in [0, 0.05) is 11.1 Å². The Balaban J connectivity index is -0.0000000941. The highest BCUT2D eigenvalue weighted by atomic mass is 35.5. The summed E-state index contributed by atoms with van der Waals surface area (Å²) in [5.74, 6) is 0. The van der Waals surface area contributed by atoms with Gasteiger partial charge in [0.25, 0.3) is 0 Å². The van der Waals surface area contributed by atoms with Gasteiger partial charge < -0.3 is 9.47 Å². The van der Waals surface area contributed by atoms with Gasteiger partial charge in [0.15, 0.2) is 10.4 Å². The fraction of sp³-hybridized carbons (Fsp3) is 1.00. The van der Waals surface area contributed by atoms with E-state index in [0.29, 0.717) is 0 Å². The van der Waals surface area contributed by atoms with Crippen LogP contribution in [0.3, 0.4) is 0 Å². The molecule has 0 aromatic carbocycles. The van der Waals surface area contributed by atoms with Crippen molar-refractivity contribution in [2.45, 2.75) is 236 Å². The minimum Gasteiger partial charge on any atom is -0.342 e. The molecule has 2 heterocycles. The van der Waals surface area contributed by atoms with Crippen molar-refractivity contribution >= 4 is 23.2 Å². The second-order valence-corrected chi connectivity index (χ2v) is 12.0. The van der Waals surface area contributed by atoms with Gasteiger partial charge in [-0.25, -0.2) is 0 Å². The Kier molecular flexibility index (Phi) is 44.8. The Morgan fingerprint density at radius 2 is 0.548 bits per heavy atom. The number of rotatable bonds is 0. The highest BCUT2D eigenvalue weighted by molar-refractivity contribution is 6.22. The zero-order chi connectivity index (χ0) is 35.1. The van der Waals surface area contributed by atoms with Gasteiger partial charge in [0.05, 0.1) is 12.2 Å². The summed E-state index contributed by atoms with van der Waals surface area (Å²) >= 11 is 11.8. The van der Waals surface area contributed by atoms with Crippen molar-refractivity contribution in [1.82, 2.24) is 10.6 Å². The summed E-state index contributed by atoms with van der Waals surface area (Å²) in [6.45, 7) is 40.0. The number of hydrogen-bond acceptors (Lipinski definition) is 4. The average molecular weight is 648 g/mol. The predicted molar refractivity (Wildman–Crippen MR) is 198 cm³/mol. The third kappa shape index (κ3) is 31.8. The quantitative estimate of drug-likeness (QED) is 0.203. The lowest BCUT2D eigenvalue weighted by Crippen LogP contribution is -2.44. The van der Waals surface area contributed by atoms with Crippen molar-refractivity contribution in [2.75, 3.05) is 0 Å². The van der Waals surface area contributed by atoms with E-state index in [0.717, 1.165) is 0 Å². The molecule has 0 bridgehead atoms. The molecule has 2 aliphatic carbocycles. The molecule has 0 spiro atoms. The molecule has 42 heavy (non-hydrogen) atoms. The van der Waals surface area contributed by atoms with Gasteiger partial charge >= 0.3 is 0 Å². The van der Waals surface area contributed by atoms with E-state index in [1.807, 2.05) is 111 Å². The van der Waals surface area contributed by atoms with E-state index in [2.05, 4.69) is 38.3 Å². The molecule has 4 atom stereocenters. The maximum Gasteiger partial charge on any atom is 0.194 e. The summed E-state index contributed by atoms with van der Waals surface area (Å²) in [7, 11) is 0. The van der Waals surface area contributed by atoms with Crippen LogP contribution < -0.4 is 10.6 Å². The van der Waals surface area contributed by atoms with Gasteiger partial charge in [0.1, 0.15) is 0 Å². The first kappa shape index (κ1) is 54.9. The van der Waals surface area contributed by atoms with Gasteiger partial charge in [-0.1, -0.05) is 170 Å². The van der Waals surface area contributed by atoms with Gasteiger partial charge in [-0.3, -0.25) is 10.6 Å². The summed E-state index contributed by atoms with van der Waals surface area (Å²) in [5, 5.41) is 4.97. The van der Waals surface area contributed by atoms with Crippen molar-refractivity contribution in [3.05, 3.63) is 0 Å². The molecule has 2 saturated heterocycles. The van der Waals surface area contributed by atoms with Crippen LogP contribution >= 0.6 is 23.2 Å². The van der Waals surface area contributed by atoms with Crippen LogP contribution in [0.5, 0.6) is 0 Å². The van der Waals surface area contributed by atoms with E-state index < -0.39 is 10.4 Å². The van der Waals surface area contributed by atoms with E-state index in [-0.39, 0.29) is 23.3 Å². The van der Waals surface area contributed by atoms with Crippen molar-refractivity contribution < 1.29 is 9.47 Å². The highest BCUT2D eigenvalue weighted by Crippen LogP contribution is 2.32. The topological polar surface area (TPSA) is 42.5 Å². The minimum atomic E-state index is -0.678. The molecule has 2 aliphatic heterocycles. The molecule has 4 rings (SSSR count). The summed E-state index contributed by atoms with van der Waals surface area (Å²) < 4.78 is 10.8. The van der Waals surface area contributed by atoms with E-state index in [9.17, 15) is 0 Å². The maximum absolute atomic E-state index is 5.91. The van der Waals surface area contributed by atoms with E-state index in [4.69, 9.17) is 32.7 Å². The number of halogens is 2. The monoisotopic (exact) mass is 647 g/mol. The summed E-state index contributed by atoms with van der Waals surface area (Å²) in [6.07, 6.45) is 15.3. The zero-order valence-corrected chi connectivity index (χ0v) is 34.3. The number of hydrogen-bond donors (Lipinski definition) is 2. The fourth-order valence-corrected chi connectivity index (χ4v) is 4.89. The third-order valence-electron chi connectivity index (χ3n) is 6.42. The maximum atomic E-state index is 5.91. The second-order valence-electron chi connectivity index (χ2n) is 10.6. The lowest BCUT2D eigenvalue weighted by atomic mass is 10.0. The lowest BCUT2D eigenvalue weighted by Gasteiger charge is -2.21. The summed E-state index contributed by atoms with van der Waals surface area (Å²) in [5.41, 5.74) is -0.0347. The summed E-state index contributed by atoms with van der Waals surface area (Å²) in [6, 6.07) is 0. The van der Waals surface area contributed by atoms with Crippen molar-refractivity contribution in [3.63, 3.8) is 0 Å². The van der Waals surface area contributed by atoms with Crippen LogP contribution in [-0.4, -0.2) is 33.7 Å². The van der Waals surface area contributed by atoms with Crippen LogP contribution in [0.4, 0.5) is 0 Å². The van der Waals surface area contributed by atoms with Crippen LogP contribution in [-0.2, 0) is 9.47 Å². The highest BCUT2D eigenvalue weighted by Gasteiger charge is 2.45. The molecular weight excluding hydrogens is 563 g/mol. The van der Waals surface area contributed by atoms with Crippen LogP contribution in [0.1, 0.15) is 203 Å². The molecule has 0 radical (unpaired) electrons. The molecule has 264 valence electrons. The normalized spacial score (nSPS) is 28.4. The first-order chi connectivity index (χ1) is 19.7. The van der Waals surface area contributed by atoms with Crippen molar-refractivity contribution in [1.29, 1.82) is 0 Å². The first-order valence-electron chi connectivity index (χ1n) is 18.0. The molecular formula is C36H84Cl2N2O2. The van der Waals surface area contributed by atoms with Gasteiger partial charge in [-0.15, -0.1) is 0 Å². The van der Waals surface area contributed by atoms with Crippen LogP contribution in [0.15, 0.2) is 0 Å². The van der Waals surface area contributed by atoms with E-state index in [1.54, 1.807) is 0 Å². The molecule has 0 aromatic heterocycles. The molecule has 4 nitrogen and oxygen atoms in total. The average Bonchev–Trinajstić information content (AvgIpc) is 3.78. The molecule has 0 amide bonds. The zero-order valence-electron chi connectivity index (χ0n) is 32.8. The molecule has 0 aromatic rings. The Labute approximate surface area is 278 Å². The van der Waals surface area contributed by atoms with Gasteiger partial charge in [-0.2, -0.15) is 0 Å². The molecule has 6 heteroatoms. The second kappa shape index (κ2) is 34.3. The molecule has 2 N–H and O–H groups in total. The van der Waals surface area contributed by atoms with Crippen LogP contribution in [0.25, 0.3) is 0 Å². The van der Waals surface area contributed by atoms with Crippen molar-refractivity contribution in [3.8, 4) is 0 Å². The van der Waals surface area contributed by atoms with Gasteiger partial charge in [0.2, 0.25) is 0 Å². The smallest absolute Gasteiger partial charge is 0.194 e. The molecule has 4 aliphatic rings. The summed E-state index contributed by atoms with van der Waals surface area (Å²) in [4.78, 5) is 0. The van der Waals surface area contributed by atoms with Crippen LogP contribution in [0, 0.1) is 0 Å². The molecule has 4 fully saturated rings. The van der Waals surface area contributed by atoms with Crippen LogP contribution in [0.2, 0.25) is 0 Å². The number of ether oxygens (including phenoxy) is 2. The van der Waals surface area contributed by atoms with Crippen molar-refractivity contribution in [2.24, 2.45) is 0 Å². The molecule has 3 unspecified atom stereocenters. The Morgan fingerprint density at radius 3 is 0.595 bits per heavy atom. The lowest BCUT2D eigenvalue weighted by molar-refractivity contribution is 0.0244. The minimum absolute atomic E-state index is 0.0174. The fourth-order valence-electron chi connectivity index (χ4n) is 4.14. The number of alkyl halides is 2. The van der Waals surface area contributed by atoms with Gasteiger partial charge in [-0.05, 0) is 55.4 Å². The largest absolute Gasteiger partial charge is 0.342 e. The Morgan fingerprint density at radius 1 is 0.405 bits per heavy atom. The Bertz CT molecular complexity index is 432.